The summed E-state index contributed by atoms with van der Waals surface area (Å²) in [5, 5.41) is 1.91. The van der Waals surface area contributed by atoms with E-state index in [1.165, 1.54) is 17.8 Å². The molecule has 0 spiro atoms. The van der Waals surface area contributed by atoms with Gasteiger partial charge in [-0.1, -0.05) is 0 Å². The van der Waals surface area contributed by atoms with Crippen LogP contribution in [0.5, 0.6) is 0 Å². The summed E-state index contributed by atoms with van der Waals surface area (Å²) >= 11 is 1.59. The van der Waals surface area contributed by atoms with Crippen LogP contribution in [0.15, 0.2) is 32.8 Å². The first-order valence-corrected chi connectivity index (χ1v) is 7.45. The zero-order valence-corrected chi connectivity index (χ0v) is 12.6. The number of hydrogen-bond donors (Lipinski definition) is 0. The van der Waals surface area contributed by atoms with Crippen LogP contribution in [0.2, 0.25) is 0 Å². The predicted molar refractivity (Wildman–Crippen MR) is 81.9 cm³/mol. The Bertz CT molecular complexity index is 883. The minimum absolute atomic E-state index is 0.0200. The van der Waals surface area contributed by atoms with Gasteiger partial charge in [-0.3, -0.25) is 14.2 Å². The van der Waals surface area contributed by atoms with Crippen LogP contribution < -0.4 is 11.2 Å². The average molecular weight is 302 g/mol. The standard InChI is InChI=1S/C15H14N2O3S/c1-16-8-10(14(19)17(2)15(16)20)7-9-3-4-12-11(13(9)18)5-6-21-12/h5-8H,3-4H2,1-2H3. The zero-order valence-electron chi connectivity index (χ0n) is 11.8. The van der Waals surface area contributed by atoms with Crippen LogP contribution in [-0.2, 0) is 20.5 Å². The van der Waals surface area contributed by atoms with E-state index >= 15 is 0 Å². The fraction of sp³-hybridized carbons (Fsp3) is 0.267. The lowest BCUT2D eigenvalue weighted by Crippen LogP contribution is -2.37. The molecule has 0 bridgehead atoms. The molecule has 0 atom stereocenters. The minimum atomic E-state index is -0.380. The highest BCUT2D eigenvalue weighted by Crippen LogP contribution is 2.29. The van der Waals surface area contributed by atoms with Gasteiger partial charge in [0.2, 0.25) is 0 Å². The summed E-state index contributed by atoms with van der Waals surface area (Å²) in [6.45, 7) is 0. The van der Waals surface area contributed by atoms with E-state index in [0.717, 1.165) is 21.4 Å². The number of carbonyl (C=O) groups is 1. The molecule has 108 valence electrons. The number of carbonyl (C=O) groups excluding carboxylic acids is 1. The Kier molecular flexibility index (Phi) is 3.25. The largest absolute Gasteiger partial charge is 0.330 e. The van der Waals surface area contributed by atoms with E-state index in [-0.39, 0.29) is 17.0 Å². The Balaban J connectivity index is 2.11. The summed E-state index contributed by atoms with van der Waals surface area (Å²) in [7, 11) is 3.02. The van der Waals surface area contributed by atoms with E-state index in [1.54, 1.807) is 24.5 Å². The lowest BCUT2D eigenvalue weighted by Gasteiger charge is -2.13. The van der Waals surface area contributed by atoms with E-state index in [0.29, 0.717) is 17.6 Å². The number of allylic oxidation sites excluding steroid dienone is 1. The highest BCUT2D eigenvalue weighted by atomic mass is 32.1. The number of ketones is 1. The maximum atomic E-state index is 12.4. The Hall–Kier alpha value is -2.21. The van der Waals surface area contributed by atoms with E-state index in [9.17, 15) is 14.4 Å². The Morgan fingerprint density at radius 2 is 1.95 bits per heavy atom. The quantitative estimate of drug-likeness (QED) is 0.747. The van der Waals surface area contributed by atoms with Gasteiger partial charge < -0.3 is 4.57 Å². The lowest BCUT2D eigenvalue weighted by molar-refractivity contribution is 0.102. The van der Waals surface area contributed by atoms with E-state index in [4.69, 9.17) is 0 Å². The fourth-order valence-corrected chi connectivity index (χ4v) is 3.41. The zero-order chi connectivity index (χ0) is 15.1. The molecule has 0 radical (unpaired) electrons. The number of aryl methyl sites for hydroxylation is 2. The van der Waals surface area contributed by atoms with Crippen LogP contribution in [0.25, 0.3) is 6.08 Å². The van der Waals surface area contributed by atoms with Gasteiger partial charge in [-0.15, -0.1) is 11.3 Å². The molecule has 21 heavy (non-hydrogen) atoms. The lowest BCUT2D eigenvalue weighted by atomic mass is 9.91. The maximum Gasteiger partial charge on any atom is 0.330 e. The Labute approximate surface area is 124 Å². The molecule has 0 aromatic carbocycles. The van der Waals surface area contributed by atoms with Crippen LogP contribution in [0.1, 0.15) is 27.2 Å². The number of thiophene rings is 1. The third kappa shape index (κ3) is 2.21. The SMILES string of the molecule is Cn1cc(C=C2CCc3sccc3C2=O)c(=O)n(C)c1=O. The van der Waals surface area contributed by atoms with Crippen molar-refractivity contribution in [2.45, 2.75) is 12.8 Å². The maximum absolute atomic E-state index is 12.4. The number of fused-ring (bicyclic) bond motifs is 1. The molecule has 0 saturated heterocycles. The second kappa shape index (κ2) is 4.96. The molecule has 0 aliphatic heterocycles. The van der Waals surface area contributed by atoms with E-state index < -0.39 is 0 Å². The van der Waals surface area contributed by atoms with Gasteiger partial charge in [-0.25, -0.2) is 4.79 Å². The van der Waals surface area contributed by atoms with Gasteiger partial charge in [-0.05, 0) is 30.4 Å². The summed E-state index contributed by atoms with van der Waals surface area (Å²) in [4.78, 5) is 37.3. The highest BCUT2D eigenvalue weighted by molar-refractivity contribution is 7.10. The van der Waals surface area contributed by atoms with Crippen LogP contribution in [0.4, 0.5) is 0 Å². The molecular weight excluding hydrogens is 288 g/mol. The number of Topliss-reactive ketones (excluding diaryl/α,β-unsaturated/α-hetero) is 1. The van der Waals surface area contributed by atoms with Crippen molar-refractivity contribution in [2.75, 3.05) is 0 Å². The molecular formula is C15H14N2O3S. The van der Waals surface area contributed by atoms with Gasteiger partial charge in [0, 0.05) is 36.3 Å². The molecule has 0 saturated carbocycles. The summed E-state index contributed by atoms with van der Waals surface area (Å²) in [6.07, 6.45) is 4.54. The molecule has 0 fully saturated rings. The number of rotatable bonds is 1. The molecule has 0 N–H and O–H groups in total. The van der Waals surface area contributed by atoms with E-state index in [1.807, 2.05) is 11.4 Å². The summed E-state index contributed by atoms with van der Waals surface area (Å²) in [5.41, 5.74) is 0.962. The van der Waals surface area contributed by atoms with Crippen LogP contribution in [-0.4, -0.2) is 14.9 Å². The van der Waals surface area contributed by atoms with Crippen molar-refractivity contribution in [2.24, 2.45) is 14.1 Å². The average Bonchev–Trinajstić information content (AvgIpc) is 2.94. The van der Waals surface area contributed by atoms with Gasteiger partial charge in [-0.2, -0.15) is 0 Å². The van der Waals surface area contributed by atoms with Crippen molar-refractivity contribution in [3.63, 3.8) is 0 Å². The van der Waals surface area contributed by atoms with Crippen molar-refractivity contribution in [1.82, 2.24) is 9.13 Å². The molecule has 2 aromatic heterocycles. The van der Waals surface area contributed by atoms with Crippen LogP contribution in [0, 0.1) is 0 Å². The van der Waals surface area contributed by atoms with Gasteiger partial charge in [0.05, 0.1) is 5.56 Å². The molecule has 2 heterocycles. The van der Waals surface area contributed by atoms with Crippen molar-refractivity contribution >= 4 is 23.2 Å². The highest BCUT2D eigenvalue weighted by Gasteiger charge is 2.23. The first-order valence-electron chi connectivity index (χ1n) is 6.57. The Morgan fingerprint density at radius 3 is 2.71 bits per heavy atom. The van der Waals surface area contributed by atoms with Crippen molar-refractivity contribution in [3.05, 3.63) is 60.1 Å². The summed E-state index contributed by atoms with van der Waals surface area (Å²) in [6, 6.07) is 1.83. The number of nitrogens with zero attached hydrogens (tertiary/aromatic N) is 2. The molecule has 6 heteroatoms. The molecule has 1 aliphatic carbocycles. The van der Waals surface area contributed by atoms with Crippen LogP contribution >= 0.6 is 11.3 Å². The molecule has 5 nitrogen and oxygen atoms in total. The first-order chi connectivity index (χ1) is 9.99. The fourth-order valence-electron chi connectivity index (χ4n) is 2.53. The van der Waals surface area contributed by atoms with Gasteiger partial charge in [0.1, 0.15) is 0 Å². The Morgan fingerprint density at radius 1 is 1.19 bits per heavy atom. The first kappa shape index (κ1) is 13.8. The molecule has 1 aliphatic rings. The summed E-state index contributed by atoms with van der Waals surface area (Å²) in [5.74, 6) is -0.0200. The van der Waals surface area contributed by atoms with Crippen molar-refractivity contribution in [3.8, 4) is 0 Å². The normalized spacial score (nSPS) is 16.3. The van der Waals surface area contributed by atoms with E-state index in [2.05, 4.69) is 0 Å². The second-order valence-corrected chi connectivity index (χ2v) is 6.10. The third-order valence-electron chi connectivity index (χ3n) is 3.71. The second-order valence-electron chi connectivity index (χ2n) is 5.10. The number of aromatic nitrogens is 2. The smallest absolute Gasteiger partial charge is 0.303 e. The third-order valence-corrected chi connectivity index (χ3v) is 4.69. The summed E-state index contributed by atoms with van der Waals surface area (Å²) < 4.78 is 2.40. The topological polar surface area (TPSA) is 61.1 Å². The monoisotopic (exact) mass is 302 g/mol. The predicted octanol–water partition coefficient (Wildman–Crippen LogP) is 1.36. The van der Waals surface area contributed by atoms with Crippen LogP contribution in [0.3, 0.4) is 0 Å². The number of hydrogen-bond acceptors (Lipinski definition) is 4. The van der Waals surface area contributed by atoms with Gasteiger partial charge >= 0.3 is 5.69 Å². The molecule has 0 amide bonds. The minimum Gasteiger partial charge on any atom is -0.303 e. The van der Waals surface area contributed by atoms with Crippen molar-refractivity contribution < 1.29 is 4.79 Å². The molecule has 2 aromatic rings. The van der Waals surface area contributed by atoms with Gasteiger partial charge in [0.15, 0.2) is 5.78 Å². The van der Waals surface area contributed by atoms with Gasteiger partial charge in [0.25, 0.3) is 5.56 Å². The molecule has 0 unspecified atom stereocenters. The molecule has 3 rings (SSSR count). The van der Waals surface area contributed by atoms with Crippen molar-refractivity contribution in [1.29, 1.82) is 0 Å².